The third kappa shape index (κ3) is 4.54. The van der Waals surface area contributed by atoms with Gasteiger partial charge in [0, 0.05) is 24.9 Å². The second kappa shape index (κ2) is 8.11. The van der Waals surface area contributed by atoms with Crippen molar-refractivity contribution in [2.45, 2.75) is 6.92 Å². The molecule has 0 saturated carbocycles. The van der Waals surface area contributed by atoms with Crippen LogP contribution in [-0.4, -0.2) is 18.2 Å². The first-order valence-electron chi connectivity index (χ1n) is 6.82. The molecule has 0 radical (unpaired) electrons. The number of benzene rings is 2. The van der Waals surface area contributed by atoms with Gasteiger partial charge in [0.15, 0.2) is 0 Å². The highest BCUT2D eigenvalue weighted by atomic mass is 32.2. The minimum absolute atomic E-state index is 0.0460. The first kappa shape index (κ1) is 15.9. The zero-order chi connectivity index (χ0) is 15.8. The van der Waals surface area contributed by atoms with Crippen LogP contribution in [0.2, 0.25) is 0 Å². The number of ether oxygens (including phenoxy) is 1. The molecule has 0 N–H and O–H groups in total. The number of anilines is 1. The molecule has 2 aromatic carbocycles. The van der Waals surface area contributed by atoms with Gasteiger partial charge in [-0.1, -0.05) is 18.2 Å². The zero-order valence-corrected chi connectivity index (χ0v) is 13.0. The summed E-state index contributed by atoms with van der Waals surface area (Å²) in [5.74, 6) is 2.02. The molecule has 4 nitrogen and oxygen atoms in total. The highest BCUT2D eigenvalue weighted by Crippen LogP contribution is 2.24. The van der Waals surface area contributed by atoms with Crippen molar-refractivity contribution in [2.24, 2.45) is 0 Å². The number of rotatable bonds is 6. The van der Waals surface area contributed by atoms with E-state index in [0.717, 1.165) is 23.2 Å². The number of thioether (sulfide) groups is 1. The number of nitriles is 1. The maximum absolute atomic E-state index is 11.7. The minimum Gasteiger partial charge on any atom is -0.457 e. The van der Waals surface area contributed by atoms with Crippen LogP contribution in [0.4, 0.5) is 5.69 Å². The monoisotopic (exact) mass is 312 g/mol. The molecule has 0 unspecified atom stereocenters. The van der Waals surface area contributed by atoms with Crippen molar-refractivity contribution in [3.63, 3.8) is 0 Å². The summed E-state index contributed by atoms with van der Waals surface area (Å²) in [6.07, 6.45) is 0. The summed E-state index contributed by atoms with van der Waals surface area (Å²) < 4.78 is 5.72. The molecule has 0 saturated heterocycles. The third-order valence-corrected chi connectivity index (χ3v) is 3.50. The van der Waals surface area contributed by atoms with E-state index in [1.165, 1.54) is 6.92 Å². The van der Waals surface area contributed by atoms with Crippen LogP contribution in [0.25, 0.3) is 0 Å². The van der Waals surface area contributed by atoms with Crippen LogP contribution < -0.4 is 9.64 Å². The zero-order valence-electron chi connectivity index (χ0n) is 12.2. The second-order valence-corrected chi connectivity index (χ2v) is 5.40. The van der Waals surface area contributed by atoms with Crippen molar-refractivity contribution in [1.82, 2.24) is 0 Å². The summed E-state index contributed by atoms with van der Waals surface area (Å²) in [5.41, 5.74) is 0.798. The molecular weight excluding hydrogens is 296 g/mol. The molecule has 0 heterocycles. The van der Waals surface area contributed by atoms with E-state index in [-0.39, 0.29) is 5.91 Å². The lowest BCUT2D eigenvalue weighted by atomic mass is 10.2. The van der Waals surface area contributed by atoms with Gasteiger partial charge in [0.05, 0.1) is 0 Å². The summed E-state index contributed by atoms with van der Waals surface area (Å²) in [7, 11) is 0. The first-order chi connectivity index (χ1) is 10.7. The summed E-state index contributed by atoms with van der Waals surface area (Å²) in [6, 6.07) is 16.9. The average molecular weight is 312 g/mol. The molecule has 0 aliphatic heterocycles. The van der Waals surface area contributed by atoms with Crippen LogP contribution in [0.1, 0.15) is 6.92 Å². The number of carbonyl (C=O) groups excluding carboxylic acids is 1. The van der Waals surface area contributed by atoms with Crippen LogP contribution in [0.5, 0.6) is 11.5 Å². The number of hydrogen-bond acceptors (Lipinski definition) is 4. The van der Waals surface area contributed by atoms with Crippen molar-refractivity contribution in [2.75, 3.05) is 17.2 Å². The normalized spacial score (nSPS) is 9.82. The van der Waals surface area contributed by atoms with Crippen LogP contribution in [0, 0.1) is 10.7 Å². The number of thiocyanates is 1. The highest BCUT2D eigenvalue weighted by molar-refractivity contribution is 8.03. The third-order valence-electron chi connectivity index (χ3n) is 2.99. The van der Waals surface area contributed by atoms with Gasteiger partial charge in [-0.3, -0.25) is 4.79 Å². The number of para-hydroxylation sites is 1. The van der Waals surface area contributed by atoms with Crippen molar-refractivity contribution in [1.29, 1.82) is 5.26 Å². The molecule has 2 rings (SSSR count). The molecule has 5 heteroatoms. The number of carbonyl (C=O) groups is 1. The van der Waals surface area contributed by atoms with Gasteiger partial charge in [-0.05, 0) is 48.2 Å². The Labute approximate surface area is 134 Å². The quantitative estimate of drug-likeness (QED) is 0.596. The Balaban J connectivity index is 2.06. The van der Waals surface area contributed by atoms with Gasteiger partial charge < -0.3 is 9.64 Å². The van der Waals surface area contributed by atoms with E-state index in [9.17, 15) is 4.79 Å². The molecule has 0 aliphatic carbocycles. The lowest BCUT2D eigenvalue weighted by Gasteiger charge is -2.20. The van der Waals surface area contributed by atoms with E-state index in [0.29, 0.717) is 18.0 Å². The van der Waals surface area contributed by atoms with Gasteiger partial charge in [-0.25, -0.2) is 0 Å². The van der Waals surface area contributed by atoms with Gasteiger partial charge >= 0.3 is 0 Å². The Hall–Kier alpha value is -2.45. The Morgan fingerprint density at radius 3 is 2.36 bits per heavy atom. The Morgan fingerprint density at radius 1 is 1.14 bits per heavy atom. The molecule has 0 spiro atoms. The van der Waals surface area contributed by atoms with Crippen LogP contribution in [0.3, 0.4) is 0 Å². The van der Waals surface area contributed by atoms with E-state index in [4.69, 9.17) is 10.00 Å². The SMILES string of the molecule is CC(=O)N(CCSC#N)c1ccc(Oc2ccccc2)cc1. The van der Waals surface area contributed by atoms with E-state index in [2.05, 4.69) is 0 Å². The summed E-state index contributed by atoms with van der Waals surface area (Å²) in [5, 5.41) is 10.6. The summed E-state index contributed by atoms with van der Waals surface area (Å²) in [6.45, 7) is 2.03. The van der Waals surface area contributed by atoms with Crippen LogP contribution in [-0.2, 0) is 4.79 Å². The average Bonchev–Trinajstić information content (AvgIpc) is 2.53. The maximum Gasteiger partial charge on any atom is 0.223 e. The fourth-order valence-corrected chi connectivity index (χ4v) is 2.33. The van der Waals surface area contributed by atoms with E-state index in [1.807, 2.05) is 60.0 Å². The number of nitrogens with zero attached hydrogens (tertiary/aromatic N) is 2. The molecule has 2 aromatic rings. The Kier molecular flexibility index (Phi) is 5.87. The second-order valence-electron chi connectivity index (χ2n) is 4.52. The topological polar surface area (TPSA) is 53.3 Å². The van der Waals surface area contributed by atoms with Crippen molar-refractivity contribution < 1.29 is 9.53 Å². The summed E-state index contributed by atoms with van der Waals surface area (Å²) >= 11 is 1.14. The van der Waals surface area contributed by atoms with Gasteiger partial charge in [-0.15, -0.1) is 0 Å². The van der Waals surface area contributed by atoms with E-state index >= 15 is 0 Å². The fourth-order valence-electron chi connectivity index (χ4n) is 1.97. The van der Waals surface area contributed by atoms with Gasteiger partial charge in [0.25, 0.3) is 0 Å². The standard InChI is InChI=1S/C17H16N2O2S/c1-14(20)19(11-12-22-13-18)15-7-9-17(10-8-15)21-16-5-3-2-4-6-16/h2-10H,11-12H2,1H3. The molecule has 0 fully saturated rings. The smallest absolute Gasteiger partial charge is 0.223 e. The summed E-state index contributed by atoms with van der Waals surface area (Å²) in [4.78, 5) is 13.4. The van der Waals surface area contributed by atoms with Crippen molar-refractivity contribution >= 4 is 23.4 Å². The Morgan fingerprint density at radius 2 is 1.77 bits per heavy atom. The first-order valence-corrected chi connectivity index (χ1v) is 7.81. The predicted octanol–water partition coefficient (Wildman–Crippen LogP) is 4.05. The van der Waals surface area contributed by atoms with Gasteiger partial charge in [0.1, 0.15) is 16.9 Å². The lowest BCUT2D eigenvalue weighted by molar-refractivity contribution is -0.116. The minimum atomic E-state index is -0.0460. The molecule has 1 amide bonds. The molecule has 0 aromatic heterocycles. The largest absolute Gasteiger partial charge is 0.457 e. The van der Waals surface area contributed by atoms with Crippen LogP contribution in [0.15, 0.2) is 54.6 Å². The molecular formula is C17H16N2O2S. The Bertz CT molecular complexity index is 651. The fraction of sp³-hybridized carbons (Fsp3) is 0.176. The molecule has 0 atom stereocenters. The highest BCUT2D eigenvalue weighted by Gasteiger charge is 2.11. The predicted molar refractivity (Wildman–Crippen MR) is 89.1 cm³/mol. The van der Waals surface area contributed by atoms with Crippen molar-refractivity contribution in [3.05, 3.63) is 54.6 Å². The molecule has 0 bridgehead atoms. The maximum atomic E-state index is 11.7. The molecule has 112 valence electrons. The van der Waals surface area contributed by atoms with Crippen LogP contribution >= 0.6 is 11.8 Å². The van der Waals surface area contributed by atoms with Gasteiger partial charge in [-0.2, -0.15) is 5.26 Å². The lowest BCUT2D eigenvalue weighted by Crippen LogP contribution is -2.30. The number of hydrogen-bond donors (Lipinski definition) is 0. The molecule has 0 aliphatic rings. The van der Waals surface area contributed by atoms with Gasteiger partial charge in [0.2, 0.25) is 5.91 Å². The molecule has 22 heavy (non-hydrogen) atoms. The van der Waals surface area contributed by atoms with E-state index in [1.54, 1.807) is 4.90 Å². The number of amides is 1. The van der Waals surface area contributed by atoms with E-state index < -0.39 is 0 Å². The van der Waals surface area contributed by atoms with Crippen molar-refractivity contribution in [3.8, 4) is 16.9 Å².